The van der Waals surface area contributed by atoms with E-state index in [0.717, 1.165) is 16.7 Å². The zero-order valence-electron chi connectivity index (χ0n) is 12.7. The summed E-state index contributed by atoms with van der Waals surface area (Å²) in [6.45, 7) is 0.432. The molecule has 0 fully saturated rings. The highest BCUT2D eigenvalue weighted by Gasteiger charge is 2.07. The second kappa shape index (κ2) is 7.07. The number of hydrogen-bond acceptors (Lipinski definition) is 4. The highest BCUT2D eigenvalue weighted by Crippen LogP contribution is 2.22. The first-order chi connectivity index (χ1) is 11.3. The molecule has 0 aliphatic carbocycles. The maximum atomic E-state index is 12.2. The number of amides is 1. The molecule has 3 aromatic rings. The van der Waals surface area contributed by atoms with E-state index in [2.05, 4.69) is 21.7 Å². The van der Waals surface area contributed by atoms with Gasteiger partial charge < -0.3 is 10.1 Å². The number of carbonyl (C=O) groups excluding carboxylic acids is 1. The zero-order valence-corrected chi connectivity index (χ0v) is 13.5. The van der Waals surface area contributed by atoms with Gasteiger partial charge in [0, 0.05) is 30.1 Å². The van der Waals surface area contributed by atoms with Gasteiger partial charge in [0.1, 0.15) is 5.75 Å². The Morgan fingerprint density at radius 1 is 1.22 bits per heavy atom. The second-order valence-corrected chi connectivity index (χ2v) is 5.79. The molecule has 0 saturated carbocycles. The smallest absolute Gasteiger partial charge is 0.251 e. The van der Waals surface area contributed by atoms with Crippen LogP contribution in [-0.4, -0.2) is 18.0 Å². The van der Waals surface area contributed by atoms with E-state index in [9.17, 15) is 4.79 Å². The second-order valence-electron chi connectivity index (χ2n) is 5.01. The van der Waals surface area contributed by atoms with Crippen LogP contribution < -0.4 is 10.1 Å². The van der Waals surface area contributed by atoms with Crippen LogP contribution >= 0.6 is 11.3 Å². The van der Waals surface area contributed by atoms with Gasteiger partial charge in [-0.25, -0.2) is 0 Å². The Balaban J connectivity index is 1.68. The average molecular weight is 324 g/mol. The molecule has 3 rings (SSSR count). The fourth-order valence-electron chi connectivity index (χ4n) is 2.22. The monoisotopic (exact) mass is 324 g/mol. The number of carbonyl (C=O) groups is 1. The van der Waals surface area contributed by atoms with Crippen molar-refractivity contribution in [3.05, 3.63) is 70.7 Å². The number of pyridine rings is 1. The van der Waals surface area contributed by atoms with Gasteiger partial charge in [0.15, 0.2) is 0 Å². The van der Waals surface area contributed by atoms with Gasteiger partial charge in [0.05, 0.1) is 7.11 Å². The largest absolute Gasteiger partial charge is 0.497 e. The van der Waals surface area contributed by atoms with E-state index in [1.165, 1.54) is 0 Å². The number of nitrogens with one attached hydrogen (secondary N) is 1. The zero-order chi connectivity index (χ0) is 16.1. The molecule has 2 aromatic heterocycles. The van der Waals surface area contributed by atoms with E-state index in [0.29, 0.717) is 17.9 Å². The third-order valence-corrected chi connectivity index (χ3v) is 4.12. The van der Waals surface area contributed by atoms with Crippen molar-refractivity contribution in [1.82, 2.24) is 10.3 Å². The van der Waals surface area contributed by atoms with Crippen molar-refractivity contribution in [2.24, 2.45) is 0 Å². The number of hydrogen-bond donors (Lipinski definition) is 1. The molecule has 1 aromatic carbocycles. The standard InChI is InChI=1S/C18H16N2O2S/c1-22-17-4-2-3-14(8-17)18(21)20-10-13-7-16(11-19-9-13)15-5-6-23-12-15/h2-9,11-12H,10H2,1H3,(H,20,21). The third kappa shape index (κ3) is 3.76. The van der Waals surface area contributed by atoms with E-state index in [1.807, 2.05) is 23.7 Å². The van der Waals surface area contributed by atoms with Crippen molar-refractivity contribution in [2.45, 2.75) is 6.54 Å². The van der Waals surface area contributed by atoms with Gasteiger partial charge in [0.2, 0.25) is 0 Å². The van der Waals surface area contributed by atoms with Crippen LogP contribution in [-0.2, 0) is 6.54 Å². The molecule has 0 atom stereocenters. The van der Waals surface area contributed by atoms with Crippen molar-refractivity contribution in [1.29, 1.82) is 0 Å². The lowest BCUT2D eigenvalue weighted by atomic mass is 10.1. The SMILES string of the molecule is COc1cccc(C(=O)NCc2cncc(-c3ccsc3)c2)c1. The van der Waals surface area contributed by atoms with Crippen LogP contribution in [0.2, 0.25) is 0 Å². The van der Waals surface area contributed by atoms with Crippen LogP contribution in [0.3, 0.4) is 0 Å². The first kappa shape index (κ1) is 15.2. The summed E-state index contributed by atoms with van der Waals surface area (Å²) >= 11 is 1.65. The molecular formula is C18H16N2O2S. The summed E-state index contributed by atoms with van der Waals surface area (Å²) in [4.78, 5) is 16.5. The molecule has 0 bridgehead atoms. The minimum absolute atomic E-state index is 0.134. The molecule has 116 valence electrons. The molecule has 0 aliphatic heterocycles. The van der Waals surface area contributed by atoms with Crippen molar-refractivity contribution >= 4 is 17.2 Å². The quantitative estimate of drug-likeness (QED) is 0.777. The maximum absolute atomic E-state index is 12.2. The van der Waals surface area contributed by atoms with Crippen molar-refractivity contribution in [3.63, 3.8) is 0 Å². The summed E-state index contributed by atoms with van der Waals surface area (Å²) in [5.41, 5.74) is 3.74. The molecule has 0 saturated heterocycles. The van der Waals surface area contributed by atoms with Crippen molar-refractivity contribution in [3.8, 4) is 16.9 Å². The van der Waals surface area contributed by atoms with Crippen LogP contribution in [0.15, 0.2) is 59.6 Å². The van der Waals surface area contributed by atoms with E-state index in [-0.39, 0.29) is 5.91 Å². The van der Waals surface area contributed by atoms with Crippen LogP contribution in [0, 0.1) is 0 Å². The molecule has 1 N–H and O–H groups in total. The Morgan fingerprint density at radius 3 is 2.91 bits per heavy atom. The lowest BCUT2D eigenvalue weighted by molar-refractivity contribution is 0.0950. The molecule has 0 aliphatic rings. The average Bonchev–Trinajstić information content (AvgIpc) is 3.14. The summed E-state index contributed by atoms with van der Waals surface area (Å²) in [5, 5.41) is 7.02. The first-order valence-electron chi connectivity index (χ1n) is 7.15. The van der Waals surface area contributed by atoms with E-state index in [4.69, 9.17) is 4.74 Å². The minimum Gasteiger partial charge on any atom is -0.497 e. The van der Waals surface area contributed by atoms with E-state index < -0.39 is 0 Å². The maximum Gasteiger partial charge on any atom is 0.251 e. The predicted molar refractivity (Wildman–Crippen MR) is 91.7 cm³/mol. The highest BCUT2D eigenvalue weighted by atomic mass is 32.1. The Bertz CT molecular complexity index is 800. The fraction of sp³-hybridized carbons (Fsp3) is 0.111. The van der Waals surface area contributed by atoms with Gasteiger partial charge in [-0.3, -0.25) is 9.78 Å². The molecule has 4 nitrogen and oxygen atoms in total. The van der Waals surface area contributed by atoms with Crippen LogP contribution in [0.4, 0.5) is 0 Å². The predicted octanol–water partition coefficient (Wildman–Crippen LogP) is 3.75. The van der Waals surface area contributed by atoms with Crippen LogP contribution in [0.5, 0.6) is 5.75 Å². The Hall–Kier alpha value is -2.66. The summed E-state index contributed by atoms with van der Waals surface area (Å²) in [6.07, 6.45) is 3.59. The highest BCUT2D eigenvalue weighted by molar-refractivity contribution is 7.08. The first-order valence-corrected chi connectivity index (χ1v) is 8.09. The summed E-state index contributed by atoms with van der Waals surface area (Å²) in [6, 6.07) is 11.2. The number of methoxy groups -OCH3 is 1. The Morgan fingerprint density at radius 2 is 2.13 bits per heavy atom. The number of benzene rings is 1. The molecule has 0 unspecified atom stereocenters. The lowest BCUT2D eigenvalue weighted by Crippen LogP contribution is -2.22. The molecule has 2 heterocycles. The van der Waals surface area contributed by atoms with Crippen molar-refractivity contribution in [2.75, 3.05) is 7.11 Å². The fourth-order valence-corrected chi connectivity index (χ4v) is 2.88. The molecule has 0 radical (unpaired) electrons. The van der Waals surface area contributed by atoms with Gasteiger partial charge in [-0.2, -0.15) is 11.3 Å². The van der Waals surface area contributed by atoms with Crippen molar-refractivity contribution < 1.29 is 9.53 Å². The number of rotatable bonds is 5. The Kier molecular flexibility index (Phi) is 4.68. The molecule has 0 spiro atoms. The van der Waals surface area contributed by atoms with Crippen LogP contribution in [0.1, 0.15) is 15.9 Å². The van der Waals surface area contributed by atoms with E-state index in [1.54, 1.807) is 42.8 Å². The summed E-state index contributed by atoms with van der Waals surface area (Å²) in [5.74, 6) is 0.531. The van der Waals surface area contributed by atoms with Crippen LogP contribution in [0.25, 0.3) is 11.1 Å². The van der Waals surface area contributed by atoms with Gasteiger partial charge in [-0.1, -0.05) is 6.07 Å². The lowest BCUT2D eigenvalue weighted by Gasteiger charge is -2.07. The van der Waals surface area contributed by atoms with Gasteiger partial charge in [-0.15, -0.1) is 0 Å². The molecule has 1 amide bonds. The summed E-state index contributed by atoms with van der Waals surface area (Å²) < 4.78 is 5.14. The Labute approximate surface area is 138 Å². The minimum atomic E-state index is -0.134. The van der Waals surface area contributed by atoms with E-state index >= 15 is 0 Å². The normalized spacial score (nSPS) is 10.3. The number of nitrogens with zero attached hydrogens (tertiary/aromatic N) is 1. The number of thiophene rings is 1. The van der Waals surface area contributed by atoms with Gasteiger partial charge >= 0.3 is 0 Å². The molecule has 23 heavy (non-hydrogen) atoms. The summed E-state index contributed by atoms with van der Waals surface area (Å²) in [7, 11) is 1.58. The third-order valence-electron chi connectivity index (χ3n) is 3.43. The number of ether oxygens (including phenoxy) is 1. The molecular weight excluding hydrogens is 308 g/mol. The topological polar surface area (TPSA) is 51.2 Å². The number of aromatic nitrogens is 1. The van der Waals surface area contributed by atoms with Gasteiger partial charge in [0.25, 0.3) is 5.91 Å². The molecule has 5 heteroatoms. The van der Waals surface area contributed by atoms with Gasteiger partial charge in [-0.05, 0) is 52.2 Å².